The molecule has 2 N–H and O–H groups in total. The van der Waals surface area contributed by atoms with Crippen LogP contribution >= 0.6 is 23.2 Å². The van der Waals surface area contributed by atoms with E-state index in [1.807, 2.05) is 0 Å². The van der Waals surface area contributed by atoms with Gasteiger partial charge in [-0.2, -0.15) is 5.10 Å². The summed E-state index contributed by atoms with van der Waals surface area (Å²) >= 11 is 11.7. The predicted octanol–water partition coefficient (Wildman–Crippen LogP) is 3.79. The van der Waals surface area contributed by atoms with Crippen LogP contribution in [0.1, 0.15) is 18.1 Å². The number of halogens is 2. The van der Waals surface area contributed by atoms with Crippen molar-refractivity contribution in [2.75, 3.05) is 6.61 Å². The third kappa shape index (κ3) is 5.15. The van der Waals surface area contributed by atoms with Gasteiger partial charge in [-0.1, -0.05) is 35.3 Å². The number of phenolic OH excluding ortho intramolecular Hbond substituents is 1. The molecule has 0 heterocycles. The SMILES string of the molecule is CCOc1cc(/C=N\NC(=O)Cc2ccc(Cl)cc2)cc(Cl)c1O. The van der Waals surface area contributed by atoms with E-state index in [1.54, 1.807) is 37.3 Å². The first-order valence-electron chi connectivity index (χ1n) is 7.21. The van der Waals surface area contributed by atoms with E-state index >= 15 is 0 Å². The molecule has 0 unspecified atom stereocenters. The van der Waals surface area contributed by atoms with Crippen LogP contribution < -0.4 is 10.2 Å². The molecule has 2 aromatic carbocycles. The lowest BCUT2D eigenvalue weighted by Gasteiger charge is -2.08. The molecule has 0 fully saturated rings. The van der Waals surface area contributed by atoms with Crippen molar-refractivity contribution < 1.29 is 14.6 Å². The first-order valence-corrected chi connectivity index (χ1v) is 7.97. The van der Waals surface area contributed by atoms with Crippen LogP contribution in [0.15, 0.2) is 41.5 Å². The highest BCUT2D eigenvalue weighted by atomic mass is 35.5. The second kappa shape index (κ2) is 8.57. The summed E-state index contributed by atoms with van der Waals surface area (Å²) in [6.45, 7) is 2.19. The average Bonchev–Trinajstić information content (AvgIpc) is 2.54. The third-order valence-corrected chi connectivity index (χ3v) is 3.57. The highest BCUT2D eigenvalue weighted by Crippen LogP contribution is 2.34. The summed E-state index contributed by atoms with van der Waals surface area (Å²) in [7, 11) is 0. The maximum absolute atomic E-state index is 11.8. The quantitative estimate of drug-likeness (QED) is 0.603. The number of benzene rings is 2. The standard InChI is InChI=1S/C17H16Cl2N2O3/c1-2-24-15-8-12(7-14(19)17(15)23)10-20-21-16(22)9-11-3-5-13(18)6-4-11/h3-8,10,23H,2,9H2,1H3,(H,21,22)/b20-10-. The fourth-order valence-corrected chi connectivity index (χ4v) is 2.28. The molecule has 5 nitrogen and oxygen atoms in total. The van der Waals surface area contributed by atoms with Gasteiger partial charge in [-0.25, -0.2) is 5.43 Å². The summed E-state index contributed by atoms with van der Waals surface area (Å²) in [4.78, 5) is 11.8. The third-order valence-electron chi connectivity index (χ3n) is 3.03. The van der Waals surface area contributed by atoms with E-state index < -0.39 is 0 Å². The van der Waals surface area contributed by atoms with Crippen molar-refractivity contribution >= 4 is 35.3 Å². The van der Waals surface area contributed by atoms with Crippen LogP contribution in [0.4, 0.5) is 0 Å². The van der Waals surface area contributed by atoms with Crippen molar-refractivity contribution in [2.24, 2.45) is 5.10 Å². The maximum Gasteiger partial charge on any atom is 0.244 e. The lowest BCUT2D eigenvalue weighted by molar-refractivity contribution is -0.120. The van der Waals surface area contributed by atoms with Gasteiger partial charge in [-0.15, -0.1) is 0 Å². The Labute approximate surface area is 149 Å². The Morgan fingerprint density at radius 1 is 1.29 bits per heavy atom. The molecule has 0 saturated carbocycles. The summed E-state index contributed by atoms with van der Waals surface area (Å²) in [5, 5.41) is 14.4. The van der Waals surface area contributed by atoms with Gasteiger partial charge >= 0.3 is 0 Å². The van der Waals surface area contributed by atoms with Gasteiger partial charge in [-0.3, -0.25) is 4.79 Å². The highest BCUT2D eigenvalue weighted by molar-refractivity contribution is 6.32. The molecule has 0 aliphatic rings. The highest BCUT2D eigenvalue weighted by Gasteiger charge is 2.08. The molecule has 2 rings (SSSR count). The molecule has 0 bridgehead atoms. The van der Waals surface area contributed by atoms with Crippen molar-refractivity contribution in [2.45, 2.75) is 13.3 Å². The monoisotopic (exact) mass is 366 g/mol. The molecule has 7 heteroatoms. The first-order chi connectivity index (χ1) is 11.5. The van der Waals surface area contributed by atoms with Crippen molar-refractivity contribution in [1.29, 1.82) is 0 Å². The summed E-state index contributed by atoms with van der Waals surface area (Å²) in [6, 6.07) is 10.1. The fourth-order valence-electron chi connectivity index (χ4n) is 1.94. The summed E-state index contributed by atoms with van der Waals surface area (Å²) < 4.78 is 5.28. The van der Waals surface area contributed by atoms with Gasteiger partial charge in [0, 0.05) is 5.02 Å². The maximum atomic E-state index is 11.8. The van der Waals surface area contributed by atoms with E-state index in [9.17, 15) is 9.90 Å². The van der Waals surface area contributed by atoms with Crippen LogP contribution in [0.2, 0.25) is 10.0 Å². The normalized spacial score (nSPS) is 10.8. The number of hydrogen-bond donors (Lipinski definition) is 2. The van der Waals surface area contributed by atoms with Gasteiger partial charge in [0.1, 0.15) is 0 Å². The minimum atomic E-state index is -0.261. The second-order valence-corrected chi connectivity index (χ2v) is 5.72. The Balaban J connectivity index is 1.98. The number of aromatic hydroxyl groups is 1. The zero-order valence-electron chi connectivity index (χ0n) is 12.9. The van der Waals surface area contributed by atoms with Crippen LogP contribution in [-0.4, -0.2) is 23.8 Å². The number of carbonyl (C=O) groups excluding carboxylic acids is 1. The fraction of sp³-hybridized carbons (Fsp3) is 0.176. The first kappa shape index (κ1) is 18.1. The molecule has 0 aromatic heterocycles. The number of phenols is 1. The van der Waals surface area contributed by atoms with Crippen LogP contribution in [0.5, 0.6) is 11.5 Å². The van der Waals surface area contributed by atoms with E-state index in [-0.39, 0.29) is 28.8 Å². The van der Waals surface area contributed by atoms with Crippen LogP contribution in [0.25, 0.3) is 0 Å². The number of hydrazone groups is 1. The molecule has 0 aliphatic carbocycles. The van der Waals surface area contributed by atoms with Crippen LogP contribution in [-0.2, 0) is 11.2 Å². The Morgan fingerprint density at radius 3 is 2.67 bits per heavy atom. The number of nitrogens with one attached hydrogen (secondary N) is 1. The van der Waals surface area contributed by atoms with E-state index in [0.717, 1.165) is 5.56 Å². The molecule has 1 amide bonds. The minimum absolute atomic E-state index is 0.123. The second-order valence-electron chi connectivity index (χ2n) is 4.88. The van der Waals surface area contributed by atoms with E-state index in [1.165, 1.54) is 12.3 Å². The van der Waals surface area contributed by atoms with Gasteiger partial charge in [0.05, 0.1) is 24.3 Å². The molecular formula is C17H16Cl2N2O3. The molecule has 24 heavy (non-hydrogen) atoms. The number of hydrogen-bond acceptors (Lipinski definition) is 4. The molecule has 0 spiro atoms. The number of nitrogens with zero attached hydrogens (tertiary/aromatic N) is 1. The van der Waals surface area contributed by atoms with Crippen LogP contribution in [0.3, 0.4) is 0 Å². The smallest absolute Gasteiger partial charge is 0.244 e. The van der Waals surface area contributed by atoms with Gasteiger partial charge in [0.25, 0.3) is 0 Å². The molecule has 126 valence electrons. The Morgan fingerprint density at radius 2 is 2.00 bits per heavy atom. The molecular weight excluding hydrogens is 351 g/mol. The van der Waals surface area contributed by atoms with E-state index in [4.69, 9.17) is 27.9 Å². The van der Waals surface area contributed by atoms with Crippen molar-refractivity contribution in [1.82, 2.24) is 5.43 Å². The zero-order valence-corrected chi connectivity index (χ0v) is 14.4. The zero-order chi connectivity index (χ0) is 17.5. The van der Waals surface area contributed by atoms with Crippen molar-refractivity contribution in [3.8, 4) is 11.5 Å². The van der Waals surface area contributed by atoms with E-state index in [2.05, 4.69) is 10.5 Å². The van der Waals surface area contributed by atoms with Crippen molar-refractivity contribution in [3.63, 3.8) is 0 Å². The largest absolute Gasteiger partial charge is 0.503 e. The minimum Gasteiger partial charge on any atom is -0.503 e. The van der Waals surface area contributed by atoms with Crippen LogP contribution in [0, 0.1) is 0 Å². The molecule has 0 atom stereocenters. The number of carbonyl (C=O) groups is 1. The molecule has 0 radical (unpaired) electrons. The number of ether oxygens (including phenoxy) is 1. The molecule has 0 aliphatic heterocycles. The lowest BCUT2D eigenvalue weighted by atomic mass is 10.1. The predicted molar refractivity (Wildman–Crippen MR) is 95.2 cm³/mol. The number of rotatable bonds is 6. The van der Waals surface area contributed by atoms with Gasteiger partial charge in [0.2, 0.25) is 5.91 Å². The van der Waals surface area contributed by atoms with Gasteiger partial charge in [0.15, 0.2) is 11.5 Å². The number of amides is 1. The van der Waals surface area contributed by atoms with Gasteiger partial charge < -0.3 is 9.84 Å². The lowest BCUT2D eigenvalue weighted by Crippen LogP contribution is -2.19. The average molecular weight is 367 g/mol. The topological polar surface area (TPSA) is 70.9 Å². The summed E-state index contributed by atoms with van der Waals surface area (Å²) in [5.74, 6) is -0.120. The summed E-state index contributed by atoms with van der Waals surface area (Å²) in [6.07, 6.45) is 1.61. The Bertz CT molecular complexity index is 746. The molecule has 0 saturated heterocycles. The van der Waals surface area contributed by atoms with Crippen molar-refractivity contribution in [3.05, 3.63) is 57.6 Å². The van der Waals surface area contributed by atoms with E-state index in [0.29, 0.717) is 17.2 Å². The Hall–Kier alpha value is -2.24. The molecule has 2 aromatic rings. The van der Waals surface area contributed by atoms with Gasteiger partial charge in [-0.05, 0) is 42.3 Å². The summed E-state index contributed by atoms with van der Waals surface area (Å²) in [5.41, 5.74) is 3.85. The Kier molecular flexibility index (Phi) is 6.46.